The summed E-state index contributed by atoms with van der Waals surface area (Å²) in [5, 5.41) is 7.81. The number of aromatic nitrogens is 2. The summed E-state index contributed by atoms with van der Waals surface area (Å²) in [7, 11) is 0. The van der Waals surface area contributed by atoms with E-state index in [1.54, 1.807) is 0 Å². The fourth-order valence-electron chi connectivity index (χ4n) is 2.05. The maximum atomic E-state index is 5.78. The number of nitrogens with one attached hydrogen (secondary N) is 1. The third-order valence-corrected chi connectivity index (χ3v) is 3.03. The zero-order valence-corrected chi connectivity index (χ0v) is 12.2. The van der Waals surface area contributed by atoms with Crippen molar-refractivity contribution in [3.63, 3.8) is 0 Å². The van der Waals surface area contributed by atoms with Crippen LogP contribution < -0.4 is 5.32 Å². The minimum absolute atomic E-state index is 0.665. The van der Waals surface area contributed by atoms with Gasteiger partial charge in [-0.3, -0.25) is 4.68 Å². The highest BCUT2D eigenvalue weighted by molar-refractivity contribution is 5.21. The Morgan fingerprint density at radius 3 is 2.79 bits per heavy atom. The molecule has 19 heavy (non-hydrogen) atoms. The molecule has 0 spiro atoms. The molecule has 0 bridgehead atoms. The Morgan fingerprint density at radius 2 is 2.16 bits per heavy atom. The van der Waals surface area contributed by atoms with Crippen LogP contribution in [0.1, 0.15) is 36.6 Å². The van der Waals surface area contributed by atoms with Gasteiger partial charge in [0, 0.05) is 18.3 Å². The first-order chi connectivity index (χ1) is 9.04. The molecule has 2 rings (SSSR count). The molecular weight excluding hydrogens is 238 g/mol. The predicted octanol–water partition coefficient (Wildman–Crippen LogP) is 2.89. The van der Waals surface area contributed by atoms with Gasteiger partial charge in [0.2, 0.25) is 0 Å². The van der Waals surface area contributed by atoms with Gasteiger partial charge >= 0.3 is 0 Å². The molecule has 0 radical (unpaired) electrons. The van der Waals surface area contributed by atoms with Gasteiger partial charge in [-0.2, -0.15) is 5.10 Å². The molecule has 2 heterocycles. The highest BCUT2D eigenvalue weighted by atomic mass is 16.3. The van der Waals surface area contributed by atoms with Crippen LogP contribution >= 0.6 is 0 Å². The molecule has 0 atom stereocenters. The first kappa shape index (κ1) is 13.9. The van der Waals surface area contributed by atoms with Crippen molar-refractivity contribution < 1.29 is 4.42 Å². The molecule has 4 heteroatoms. The van der Waals surface area contributed by atoms with E-state index < -0.39 is 0 Å². The number of rotatable bonds is 6. The second-order valence-electron chi connectivity index (χ2n) is 5.47. The van der Waals surface area contributed by atoms with E-state index in [2.05, 4.69) is 30.3 Å². The SMILES string of the molecule is Cc1ccn(Cc2cc(CNCC(C)C)c(C)o2)n1. The summed E-state index contributed by atoms with van der Waals surface area (Å²) < 4.78 is 7.69. The second-order valence-corrected chi connectivity index (χ2v) is 5.47. The van der Waals surface area contributed by atoms with Gasteiger partial charge in [-0.15, -0.1) is 0 Å². The van der Waals surface area contributed by atoms with Crippen LogP contribution in [0.25, 0.3) is 0 Å². The van der Waals surface area contributed by atoms with Crippen molar-refractivity contribution in [2.45, 2.75) is 40.8 Å². The first-order valence-electron chi connectivity index (χ1n) is 6.83. The topological polar surface area (TPSA) is 43.0 Å². The maximum absolute atomic E-state index is 5.78. The maximum Gasteiger partial charge on any atom is 0.125 e. The second kappa shape index (κ2) is 6.06. The lowest BCUT2D eigenvalue weighted by Gasteiger charge is -2.05. The summed E-state index contributed by atoms with van der Waals surface area (Å²) in [6, 6.07) is 4.13. The number of furan rings is 1. The van der Waals surface area contributed by atoms with E-state index in [0.717, 1.165) is 30.3 Å². The van der Waals surface area contributed by atoms with Gasteiger partial charge < -0.3 is 9.73 Å². The molecule has 0 aliphatic heterocycles. The lowest BCUT2D eigenvalue weighted by molar-refractivity contribution is 0.455. The fraction of sp³-hybridized carbons (Fsp3) is 0.533. The van der Waals surface area contributed by atoms with Crippen molar-refractivity contribution in [2.24, 2.45) is 5.92 Å². The van der Waals surface area contributed by atoms with E-state index in [0.29, 0.717) is 12.5 Å². The van der Waals surface area contributed by atoms with E-state index >= 15 is 0 Å². The van der Waals surface area contributed by atoms with E-state index in [4.69, 9.17) is 4.42 Å². The molecule has 2 aromatic heterocycles. The average Bonchev–Trinajstić information content (AvgIpc) is 2.86. The third-order valence-electron chi connectivity index (χ3n) is 3.03. The molecule has 0 unspecified atom stereocenters. The zero-order valence-electron chi connectivity index (χ0n) is 12.2. The van der Waals surface area contributed by atoms with Gasteiger partial charge in [0.05, 0.1) is 12.2 Å². The van der Waals surface area contributed by atoms with Crippen molar-refractivity contribution in [1.82, 2.24) is 15.1 Å². The monoisotopic (exact) mass is 261 g/mol. The molecular formula is C15H23N3O. The third kappa shape index (κ3) is 3.96. The van der Waals surface area contributed by atoms with Crippen LogP contribution in [-0.2, 0) is 13.1 Å². The van der Waals surface area contributed by atoms with Gasteiger partial charge in [-0.25, -0.2) is 0 Å². The van der Waals surface area contributed by atoms with Crippen LogP contribution in [0.4, 0.5) is 0 Å². The Balaban J connectivity index is 1.96. The highest BCUT2D eigenvalue weighted by Crippen LogP contribution is 2.15. The van der Waals surface area contributed by atoms with Gasteiger partial charge in [-0.05, 0) is 38.4 Å². The van der Waals surface area contributed by atoms with Crippen molar-refractivity contribution >= 4 is 0 Å². The number of hydrogen-bond acceptors (Lipinski definition) is 3. The van der Waals surface area contributed by atoms with Crippen LogP contribution in [0.3, 0.4) is 0 Å². The van der Waals surface area contributed by atoms with Gasteiger partial charge in [0.1, 0.15) is 11.5 Å². The van der Waals surface area contributed by atoms with Crippen molar-refractivity contribution in [2.75, 3.05) is 6.54 Å². The quantitative estimate of drug-likeness (QED) is 0.869. The molecule has 2 aromatic rings. The van der Waals surface area contributed by atoms with E-state index in [9.17, 15) is 0 Å². The summed E-state index contributed by atoms with van der Waals surface area (Å²) >= 11 is 0. The minimum atomic E-state index is 0.665. The van der Waals surface area contributed by atoms with Crippen LogP contribution in [0, 0.1) is 19.8 Å². The van der Waals surface area contributed by atoms with Crippen LogP contribution in [-0.4, -0.2) is 16.3 Å². The Hall–Kier alpha value is -1.55. The van der Waals surface area contributed by atoms with Gasteiger partial charge in [-0.1, -0.05) is 13.8 Å². The van der Waals surface area contributed by atoms with E-state index in [1.807, 2.05) is 30.8 Å². The molecule has 104 valence electrons. The molecule has 0 aromatic carbocycles. The molecule has 0 aliphatic carbocycles. The summed E-state index contributed by atoms with van der Waals surface area (Å²) in [6.45, 7) is 11.0. The summed E-state index contributed by atoms with van der Waals surface area (Å²) in [5.41, 5.74) is 2.27. The molecule has 0 fully saturated rings. The lowest BCUT2D eigenvalue weighted by atomic mass is 10.2. The van der Waals surface area contributed by atoms with Crippen molar-refractivity contribution in [3.05, 3.63) is 41.1 Å². The van der Waals surface area contributed by atoms with Gasteiger partial charge in [0.25, 0.3) is 0 Å². The zero-order chi connectivity index (χ0) is 13.8. The average molecular weight is 261 g/mol. The number of nitrogens with zero attached hydrogens (tertiary/aromatic N) is 2. The fourth-order valence-corrected chi connectivity index (χ4v) is 2.05. The van der Waals surface area contributed by atoms with Crippen LogP contribution in [0.5, 0.6) is 0 Å². The molecule has 0 aliphatic rings. The Bertz CT molecular complexity index is 525. The summed E-state index contributed by atoms with van der Waals surface area (Å²) in [4.78, 5) is 0. The summed E-state index contributed by atoms with van der Waals surface area (Å²) in [5.74, 6) is 2.62. The van der Waals surface area contributed by atoms with E-state index in [1.165, 1.54) is 5.56 Å². The van der Waals surface area contributed by atoms with E-state index in [-0.39, 0.29) is 0 Å². The first-order valence-corrected chi connectivity index (χ1v) is 6.83. The van der Waals surface area contributed by atoms with Crippen LogP contribution in [0.15, 0.2) is 22.7 Å². The molecule has 4 nitrogen and oxygen atoms in total. The molecule has 0 saturated carbocycles. The Kier molecular flexibility index (Phi) is 4.43. The van der Waals surface area contributed by atoms with Crippen molar-refractivity contribution in [1.29, 1.82) is 0 Å². The summed E-state index contributed by atoms with van der Waals surface area (Å²) in [6.07, 6.45) is 1.98. The van der Waals surface area contributed by atoms with Crippen molar-refractivity contribution in [3.8, 4) is 0 Å². The minimum Gasteiger partial charge on any atom is -0.464 e. The smallest absolute Gasteiger partial charge is 0.125 e. The van der Waals surface area contributed by atoms with Gasteiger partial charge in [0.15, 0.2) is 0 Å². The molecule has 1 N–H and O–H groups in total. The predicted molar refractivity (Wildman–Crippen MR) is 76.1 cm³/mol. The Morgan fingerprint density at radius 1 is 1.37 bits per heavy atom. The van der Waals surface area contributed by atoms with Crippen LogP contribution in [0.2, 0.25) is 0 Å². The molecule has 0 amide bonds. The molecule has 0 saturated heterocycles. The Labute approximate surface area is 114 Å². The highest BCUT2D eigenvalue weighted by Gasteiger charge is 2.08. The normalized spacial score (nSPS) is 11.4. The standard InChI is InChI=1S/C15H23N3O/c1-11(2)8-16-9-14-7-15(19-13(14)4)10-18-6-5-12(3)17-18/h5-7,11,16H,8-10H2,1-4H3. The largest absolute Gasteiger partial charge is 0.464 e. The number of aryl methyl sites for hydroxylation is 2. The number of hydrogen-bond donors (Lipinski definition) is 1. The lowest BCUT2D eigenvalue weighted by Crippen LogP contribution is -2.18.